The fraction of sp³-hybridized carbons (Fsp3) is 0.167. The van der Waals surface area contributed by atoms with Crippen LogP contribution in [-0.2, 0) is 11.8 Å². The smallest absolute Gasteiger partial charge is 0.225 e. The third-order valence-corrected chi connectivity index (χ3v) is 4.51. The van der Waals surface area contributed by atoms with Crippen LogP contribution in [0.1, 0.15) is 6.42 Å². The maximum absolute atomic E-state index is 11.9. The standard InChI is InChI=1S/C18H18N4OS/c1-22-17(14-8-4-2-5-9-14)20-21-18(22)24-13-12-16(23)19-15-10-6-3-7-11-15/h2-11H,12-13H2,1H3,(H,19,23). The van der Waals surface area contributed by atoms with Crippen LogP contribution < -0.4 is 5.32 Å². The summed E-state index contributed by atoms with van der Waals surface area (Å²) < 4.78 is 1.95. The molecule has 1 amide bonds. The Bertz CT molecular complexity index is 802. The molecule has 6 heteroatoms. The summed E-state index contributed by atoms with van der Waals surface area (Å²) in [5, 5.41) is 12.1. The summed E-state index contributed by atoms with van der Waals surface area (Å²) in [6.07, 6.45) is 0.424. The predicted molar refractivity (Wildman–Crippen MR) is 96.9 cm³/mol. The zero-order chi connectivity index (χ0) is 16.8. The summed E-state index contributed by atoms with van der Waals surface area (Å²) in [6.45, 7) is 0. The molecule has 0 atom stereocenters. The number of hydrogen-bond donors (Lipinski definition) is 1. The maximum atomic E-state index is 11.9. The molecule has 0 aliphatic rings. The van der Waals surface area contributed by atoms with Gasteiger partial charge in [-0.3, -0.25) is 4.79 Å². The summed E-state index contributed by atoms with van der Waals surface area (Å²) in [7, 11) is 1.94. The Morgan fingerprint density at radius 1 is 1.04 bits per heavy atom. The fourth-order valence-corrected chi connectivity index (χ4v) is 3.11. The van der Waals surface area contributed by atoms with Crippen LogP contribution in [0.3, 0.4) is 0 Å². The number of anilines is 1. The SMILES string of the molecule is Cn1c(SCCC(=O)Nc2ccccc2)nnc1-c1ccccc1. The van der Waals surface area contributed by atoms with Gasteiger partial charge in [-0.25, -0.2) is 0 Å². The zero-order valence-corrected chi connectivity index (χ0v) is 14.2. The van der Waals surface area contributed by atoms with Crippen LogP contribution >= 0.6 is 11.8 Å². The Balaban J connectivity index is 1.54. The van der Waals surface area contributed by atoms with E-state index in [0.717, 1.165) is 22.2 Å². The lowest BCUT2D eigenvalue weighted by Gasteiger charge is -2.05. The third kappa shape index (κ3) is 4.02. The lowest BCUT2D eigenvalue weighted by atomic mass is 10.2. The van der Waals surface area contributed by atoms with Gasteiger partial charge in [-0.05, 0) is 12.1 Å². The van der Waals surface area contributed by atoms with Gasteiger partial charge < -0.3 is 9.88 Å². The minimum Gasteiger partial charge on any atom is -0.326 e. The van der Waals surface area contributed by atoms with E-state index in [2.05, 4.69) is 15.5 Å². The van der Waals surface area contributed by atoms with Crippen molar-refractivity contribution in [3.05, 3.63) is 60.7 Å². The van der Waals surface area contributed by atoms with Crippen molar-refractivity contribution < 1.29 is 4.79 Å². The van der Waals surface area contributed by atoms with Crippen molar-refractivity contribution in [2.75, 3.05) is 11.1 Å². The lowest BCUT2D eigenvalue weighted by molar-refractivity contribution is -0.115. The Hall–Kier alpha value is -2.60. The molecule has 5 nitrogen and oxygen atoms in total. The second-order valence-electron chi connectivity index (χ2n) is 5.24. The lowest BCUT2D eigenvalue weighted by Crippen LogP contribution is -2.12. The molecule has 2 aromatic carbocycles. The van der Waals surface area contributed by atoms with E-state index in [1.807, 2.05) is 72.3 Å². The first-order valence-electron chi connectivity index (χ1n) is 7.66. The van der Waals surface area contributed by atoms with Crippen LogP contribution in [0.5, 0.6) is 0 Å². The quantitative estimate of drug-likeness (QED) is 0.698. The van der Waals surface area contributed by atoms with Crippen molar-refractivity contribution in [2.24, 2.45) is 7.05 Å². The van der Waals surface area contributed by atoms with Crippen LogP contribution in [0.4, 0.5) is 5.69 Å². The van der Waals surface area contributed by atoms with E-state index < -0.39 is 0 Å². The van der Waals surface area contributed by atoms with Gasteiger partial charge in [0.25, 0.3) is 0 Å². The second kappa shape index (κ2) is 7.79. The average molecular weight is 338 g/mol. The summed E-state index contributed by atoms with van der Waals surface area (Å²) in [6, 6.07) is 19.4. The van der Waals surface area contributed by atoms with Gasteiger partial charge in [0.1, 0.15) is 0 Å². The maximum Gasteiger partial charge on any atom is 0.225 e. The molecule has 1 aromatic heterocycles. The van der Waals surface area contributed by atoms with Crippen molar-refractivity contribution in [1.82, 2.24) is 14.8 Å². The molecule has 0 saturated heterocycles. The van der Waals surface area contributed by atoms with Crippen LogP contribution in [-0.4, -0.2) is 26.4 Å². The van der Waals surface area contributed by atoms with E-state index in [0.29, 0.717) is 12.2 Å². The molecule has 0 fully saturated rings. The van der Waals surface area contributed by atoms with Crippen molar-refractivity contribution in [1.29, 1.82) is 0 Å². The topological polar surface area (TPSA) is 59.8 Å². The average Bonchev–Trinajstić information content (AvgIpc) is 2.97. The largest absolute Gasteiger partial charge is 0.326 e. The van der Waals surface area contributed by atoms with Gasteiger partial charge in [0, 0.05) is 30.5 Å². The first kappa shape index (κ1) is 16.3. The summed E-state index contributed by atoms with van der Waals surface area (Å²) in [5.74, 6) is 1.48. The first-order chi connectivity index (χ1) is 11.7. The highest BCUT2D eigenvalue weighted by Crippen LogP contribution is 2.22. The molecule has 0 aliphatic heterocycles. The fourth-order valence-electron chi connectivity index (χ4n) is 2.26. The molecule has 0 radical (unpaired) electrons. The highest BCUT2D eigenvalue weighted by molar-refractivity contribution is 7.99. The van der Waals surface area contributed by atoms with Crippen LogP contribution in [0.2, 0.25) is 0 Å². The number of benzene rings is 2. The molecule has 1 N–H and O–H groups in total. The highest BCUT2D eigenvalue weighted by Gasteiger charge is 2.11. The molecule has 0 spiro atoms. The van der Waals surface area contributed by atoms with Crippen LogP contribution in [0.15, 0.2) is 65.8 Å². The van der Waals surface area contributed by atoms with Gasteiger partial charge >= 0.3 is 0 Å². The second-order valence-corrected chi connectivity index (χ2v) is 6.31. The minimum absolute atomic E-state index is 0.000786. The Kier molecular flexibility index (Phi) is 5.28. The van der Waals surface area contributed by atoms with E-state index in [9.17, 15) is 4.79 Å². The molecular formula is C18H18N4OS. The summed E-state index contributed by atoms with van der Waals surface area (Å²) >= 11 is 1.53. The van der Waals surface area contributed by atoms with E-state index >= 15 is 0 Å². The Morgan fingerprint density at radius 3 is 2.42 bits per heavy atom. The van der Waals surface area contributed by atoms with Gasteiger partial charge in [-0.15, -0.1) is 10.2 Å². The van der Waals surface area contributed by atoms with Crippen molar-refractivity contribution in [3.63, 3.8) is 0 Å². The normalized spacial score (nSPS) is 10.5. The molecule has 1 heterocycles. The number of nitrogens with one attached hydrogen (secondary N) is 1. The Morgan fingerprint density at radius 2 is 1.71 bits per heavy atom. The van der Waals surface area contributed by atoms with Gasteiger partial charge in [0.05, 0.1) is 0 Å². The van der Waals surface area contributed by atoms with E-state index in [4.69, 9.17) is 0 Å². The number of aromatic nitrogens is 3. The molecule has 0 aliphatic carbocycles. The number of para-hydroxylation sites is 1. The molecule has 0 saturated carbocycles. The number of carbonyl (C=O) groups excluding carboxylic acids is 1. The van der Waals surface area contributed by atoms with Gasteiger partial charge in [0.15, 0.2) is 11.0 Å². The van der Waals surface area contributed by atoms with Gasteiger partial charge in [0.2, 0.25) is 5.91 Å². The summed E-state index contributed by atoms with van der Waals surface area (Å²) in [4.78, 5) is 11.9. The molecule has 24 heavy (non-hydrogen) atoms. The van der Waals surface area contributed by atoms with E-state index in [-0.39, 0.29) is 5.91 Å². The minimum atomic E-state index is -0.000786. The monoisotopic (exact) mass is 338 g/mol. The van der Waals surface area contributed by atoms with Crippen LogP contribution in [0.25, 0.3) is 11.4 Å². The molecule has 122 valence electrons. The number of nitrogens with zero attached hydrogens (tertiary/aromatic N) is 3. The van der Waals surface area contributed by atoms with Crippen LogP contribution in [0, 0.1) is 0 Å². The molecule has 3 rings (SSSR count). The summed E-state index contributed by atoms with van der Waals surface area (Å²) in [5.41, 5.74) is 1.85. The number of carbonyl (C=O) groups is 1. The van der Waals surface area contributed by atoms with E-state index in [1.165, 1.54) is 11.8 Å². The molecule has 0 unspecified atom stereocenters. The van der Waals surface area contributed by atoms with Gasteiger partial charge in [-0.2, -0.15) is 0 Å². The number of rotatable bonds is 6. The number of hydrogen-bond acceptors (Lipinski definition) is 4. The van der Waals surface area contributed by atoms with Gasteiger partial charge in [-0.1, -0.05) is 60.3 Å². The predicted octanol–water partition coefficient (Wildman–Crippen LogP) is 3.60. The molecule has 3 aromatic rings. The zero-order valence-electron chi connectivity index (χ0n) is 13.3. The number of thioether (sulfide) groups is 1. The number of amides is 1. The molecular weight excluding hydrogens is 320 g/mol. The van der Waals surface area contributed by atoms with Crippen molar-refractivity contribution >= 4 is 23.4 Å². The first-order valence-corrected chi connectivity index (χ1v) is 8.65. The van der Waals surface area contributed by atoms with E-state index in [1.54, 1.807) is 0 Å². The highest BCUT2D eigenvalue weighted by atomic mass is 32.2. The van der Waals surface area contributed by atoms with Crippen molar-refractivity contribution in [2.45, 2.75) is 11.6 Å². The Labute approximate surface area is 145 Å². The third-order valence-electron chi connectivity index (χ3n) is 3.48. The van der Waals surface area contributed by atoms with Crippen molar-refractivity contribution in [3.8, 4) is 11.4 Å². The molecule has 0 bridgehead atoms.